The van der Waals surface area contributed by atoms with Gasteiger partial charge in [-0.3, -0.25) is 14.6 Å². The van der Waals surface area contributed by atoms with Gasteiger partial charge in [-0.15, -0.1) is 13.2 Å². The Bertz CT molecular complexity index is 2490. The summed E-state index contributed by atoms with van der Waals surface area (Å²) in [6.45, 7) is 9.44. The number of nitrogens with one attached hydrogen (secondary N) is 2. The normalized spacial score (nSPS) is 16.2. The van der Waals surface area contributed by atoms with Gasteiger partial charge in [-0.25, -0.2) is 0 Å². The summed E-state index contributed by atoms with van der Waals surface area (Å²) in [6.07, 6.45) is 0.546. The van der Waals surface area contributed by atoms with Crippen LogP contribution < -0.4 is 15.4 Å². The van der Waals surface area contributed by atoms with Crippen LogP contribution in [0.5, 0.6) is 5.75 Å². The number of carbonyl (C=O) groups excluding carboxylic acids is 1. The summed E-state index contributed by atoms with van der Waals surface area (Å²) in [4.78, 5) is 19.0. The van der Waals surface area contributed by atoms with Crippen molar-refractivity contribution in [2.75, 3.05) is 39.3 Å². The Kier molecular flexibility index (Phi) is 14.2. The van der Waals surface area contributed by atoms with Crippen LogP contribution >= 0.6 is 34.8 Å². The lowest BCUT2D eigenvalue weighted by molar-refractivity contribution is -0.274. The number of ketones is 1. The molecule has 0 amide bonds. The second-order valence-corrected chi connectivity index (χ2v) is 17.8. The molecule has 63 heavy (non-hydrogen) atoms. The minimum Gasteiger partial charge on any atom is -0.406 e. The maximum atomic E-state index is 14.2. The lowest BCUT2D eigenvalue weighted by atomic mass is 9.81. The first kappa shape index (κ1) is 45.2. The van der Waals surface area contributed by atoms with Crippen molar-refractivity contribution in [3.63, 3.8) is 0 Å². The standard InChI is InChI=1S/C48H50Cl3F3N6O3/c1-32-39(46(57-63-32)35-9-13-36(49)14-10-35)28-56-47(18-20-55-21-19-47)45(61)7-2-3-22-60-31-40(34-11-15-37(16-12-34)62-48(52,53)54)38-27-33(8-17-44(38)60)29-58-23-25-59(26-24-58)30-41-42(50)5-4-6-43(41)51/h4-6,8-17,27,31,55-56H,2-3,7,18-26,28-30H2,1H3. The van der Waals surface area contributed by atoms with E-state index < -0.39 is 11.9 Å². The molecule has 0 saturated carbocycles. The van der Waals surface area contributed by atoms with Crippen molar-refractivity contribution in [1.29, 1.82) is 0 Å². The number of piperazine rings is 1. The number of aromatic nitrogens is 2. The maximum Gasteiger partial charge on any atom is 0.573 e. The first-order valence-corrected chi connectivity index (χ1v) is 22.5. The van der Waals surface area contributed by atoms with Gasteiger partial charge in [0.25, 0.3) is 0 Å². The van der Waals surface area contributed by atoms with E-state index in [2.05, 4.69) is 59.3 Å². The van der Waals surface area contributed by atoms with Crippen molar-refractivity contribution < 1.29 is 27.2 Å². The molecule has 2 aliphatic rings. The summed E-state index contributed by atoms with van der Waals surface area (Å²) in [7, 11) is 0. The number of unbranched alkanes of at least 4 members (excludes halogenated alkanes) is 1. The van der Waals surface area contributed by atoms with Crippen LogP contribution in [0.25, 0.3) is 33.3 Å². The Morgan fingerprint density at radius 3 is 2.21 bits per heavy atom. The van der Waals surface area contributed by atoms with Gasteiger partial charge in [0.2, 0.25) is 0 Å². The molecule has 4 heterocycles. The van der Waals surface area contributed by atoms with Gasteiger partial charge in [0.1, 0.15) is 17.2 Å². The predicted molar refractivity (Wildman–Crippen MR) is 243 cm³/mol. The third-order valence-electron chi connectivity index (χ3n) is 12.4. The molecule has 0 radical (unpaired) electrons. The first-order valence-electron chi connectivity index (χ1n) is 21.4. The summed E-state index contributed by atoms with van der Waals surface area (Å²) in [5, 5.41) is 14.4. The van der Waals surface area contributed by atoms with E-state index in [1.807, 2.05) is 49.4 Å². The average Bonchev–Trinajstić information content (AvgIpc) is 3.83. The fourth-order valence-electron chi connectivity index (χ4n) is 8.87. The highest BCUT2D eigenvalue weighted by molar-refractivity contribution is 6.36. The number of alkyl halides is 3. The van der Waals surface area contributed by atoms with Crippen LogP contribution in [0.2, 0.25) is 15.1 Å². The number of Topliss-reactive ketones (excluding diaryl/α,β-unsaturated/α-hetero) is 1. The Morgan fingerprint density at radius 2 is 1.52 bits per heavy atom. The molecular weight excluding hydrogens is 872 g/mol. The van der Waals surface area contributed by atoms with Crippen molar-refractivity contribution in [2.45, 2.75) is 77.1 Å². The predicted octanol–water partition coefficient (Wildman–Crippen LogP) is 11.1. The monoisotopic (exact) mass is 920 g/mol. The number of fused-ring (bicyclic) bond motifs is 1. The highest BCUT2D eigenvalue weighted by Crippen LogP contribution is 2.35. The van der Waals surface area contributed by atoms with Crippen molar-refractivity contribution in [3.8, 4) is 28.1 Å². The van der Waals surface area contributed by atoms with Crippen LogP contribution in [0, 0.1) is 6.92 Å². The van der Waals surface area contributed by atoms with Gasteiger partial charge in [-0.2, -0.15) is 0 Å². The maximum absolute atomic E-state index is 14.2. The van der Waals surface area contributed by atoms with Crippen LogP contribution in [-0.4, -0.2) is 76.5 Å². The fraction of sp³-hybridized carbons (Fsp3) is 0.375. The number of hydrogen-bond donors (Lipinski definition) is 2. The van der Waals surface area contributed by atoms with Gasteiger partial charge in [-0.05, 0) is 105 Å². The minimum atomic E-state index is -4.78. The molecule has 2 aromatic heterocycles. The minimum absolute atomic E-state index is 0.198. The summed E-state index contributed by atoms with van der Waals surface area (Å²) in [5.41, 5.74) is 6.70. The zero-order valence-electron chi connectivity index (χ0n) is 35.0. The molecule has 4 aromatic carbocycles. The number of carbonyl (C=O) groups is 1. The lowest BCUT2D eigenvalue weighted by Gasteiger charge is -2.37. The largest absolute Gasteiger partial charge is 0.573 e. The molecule has 0 atom stereocenters. The van der Waals surface area contributed by atoms with E-state index in [1.165, 1.54) is 12.1 Å². The highest BCUT2D eigenvalue weighted by atomic mass is 35.5. The lowest BCUT2D eigenvalue weighted by Crippen LogP contribution is -2.57. The third kappa shape index (κ3) is 10.9. The fourth-order valence-corrected chi connectivity index (χ4v) is 9.51. The molecular formula is C48H50Cl3F3N6O3. The Hall–Kier alpha value is -4.40. The van der Waals surface area contributed by atoms with Gasteiger partial charge in [0, 0.05) is 113 Å². The van der Waals surface area contributed by atoms with Gasteiger partial charge in [0.15, 0.2) is 5.78 Å². The van der Waals surface area contributed by atoms with Gasteiger partial charge >= 0.3 is 6.36 Å². The molecule has 6 aromatic rings. The molecule has 0 unspecified atom stereocenters. The molecule has 2 N–H and O–H groups in total. The van der Waals surface area contributed by atoms with Crippen molar-refractivity contribution in [1.82, 2.24) is 30.2 Å². The van der Waals surface area contributed by atoms with E-state index in [-0.39, 0.29) is 11.5 Å². The number of piperidine rings is 1. The SMILES string of the molecule is Cc1onc(-c2ccc(Cl)cc2)c1CNC1(C(=O)CCCCn2cc(-c3ccc(OC(F)(F)F)cc3)c3cc(CN4CCN(Cc5c(Cl)cccc5Cl)CC4)ccc32)CCNCC1. The average molecular weight is 922 g/mol. The third-order valence-corrected chi connectivity index (χ3v) is 13.4. The Balaban J connectivity index is 0.944. The molecule has 2 aliphatic heterocycles. The number of nitrogens with zero attached hydrogens (tertiary/aromatic N) is 4. The zero-order valence-corrected chi connectivity index (χ0v) is 37.3. The topological polar surface area (TPSA) is 87.8 Å². The second-order valence-electron chi connectivity index (χ2n) is 16.6. The van der Waals surface area contributed by atoms with Gasteiger partial charge in [0.05, 0.1) is 5.54 Å². The van der Waals surface area contributed by atoms with E-state index in [0.29, 0.717) is 66.1 Å². The molecule has 2 saturated heterocycles. The van der Waals surface area contributed by atoms with E-state index in [4.69, 9.17) is 39.3 Å². The number of ether oxygens (including phenoxy) is 1. The van der Waals surface area contributed by atoms with E-state index in [9.17, 15) is 18.0 Å². The van der Waals surface area contributed by atoms with E-state index in [1.54, 1.807) is 12.1 Å². The highest BCUT2D eigenvalue weighted by Gasteiger charge is 2.39. The molecule has 8 rings (SSSR count). The quantitative estimate of drug-likeness (QED) is 0.0929. The number of halogens is 6. The molecule has 2 fully saturated rings. The summed E-state index contributed by atoms with van der Waals surface area (Å²) >= 11 is 19.1. The van der Waals surface area contributed by atoms with Crippen LogP contribution in [0.3, 0.4) is 0 Å². The Morgan fingerprint density at radius 1 is 0.857 bits per heavy atom. The summed E-state index contributed by atoms with van der Waals surface area (Å²) in [5.74, 6) is 0.633. The number of hydrogen-bond acceptors (Lipinski definition) is 8. The molecule has 15 heteroatoms. The molecule has 0 spiro atoms. The van der Waals surface area contributed by atoms with Crippen molar-refractivity contribution in [3.05, 3.63) is 129 Å². The number of rotatable bonds is 16. The Labute approximate surface area is 380 Å². The van der Waals surface area contributed by atoms with Crippen molar-refractivity contribution >= 4 is 51.5 Å². The van der Waals surface area contributed by atoms with E-state index >= 15 is 0 Å². The van der Waals surface area contributed by atoms with Crippen LogP contribution in [-0.2, 0) is 31.0 Å². The smallest absolute Gasteiger partial charge is 0.406 e. The number of aryl methyl sites for hydroxylation is 2. The molecule has 332 valence electrons. The van der Waals surface area contributed by atoms with Crippen LogP contribution in [0.15, 0.2) is 95.6 Å². The number of benzene rings is 4. The molecule has 9 nitrogen and oxygen atoms in total. The van der Waals surface area contributed by atoms with Crippen LogP contribution in [0.1, 0.15) is 54.6 Å². The first-order chi connectivity index (χ1) is 30.3. The van der Waals surface area contributed by atoms with Crippen LogP contribution in [0.4, 0.5) is 13.2 Å². The molecule has 0 aliphatic carbocycles. The second kappa shape index (κ2) is 19.8. The summed E-state index contributed by atoms with van der Waals surface area (Å²) < 4.78 is 51.0. The van der Waals surface area contributed by atoms with Gasteiger partial charge < -0.3 is 24.5 Å². The zero-order chi connectivity index (χ0) is 44.1. The van der Waals surface area contributed by atoms with E-state index in [0.717, 1.165) is 102 Å². The molecule has 0 bridgehead atoms. The van der Waals surface area contributed by atoms with Crippen molar-refractivity contribution in [2.24, 2.45) is 0 Å². The summed E-state index contributed by atoms with van der Waals surface area (Å²) in [6, 6.07) is 25.6. The van der Waals surface area contributed by atoms with Gasteiger partial charge in [-0.1, -0.05) is 76.4 Å².